The summed E-state index contributed by atoms with van der Waals surface area (Å²) in [6.07, 6.45) is 2.07. The zero-order valence-electron chi connectivity index (χ0n) is 10.6. The maximum absolute atomic E-state index is 12.2. The number of hydrogen-bond donors (Lipinski definition) is 2. The Balaban J connectivity index is 1.79. The second-order valence-electron chi connectivity index (χ2n) is 4.75. The maximum Gasteiger partial charge on any atom is 0.270 e. The van der Waals surface area contributed by atoms with E-state index >= 15 is 0 Å². The van der Waals surface area contributed by atoms with E-state index in [1.165, 1.54) is 0 Å². The van der Waals surface area contributed by atoms with Crippen LogP contribution in [0.2, 0.25) is 0 Å². The van der Waals surface area contributed by atoms with Crippen LogP contribution in [0.25, 0.3) is 11.3 Å². The van der Waals surface area contributed by atoms with E-state index in [0.717, 1.165) is 16.3 Å². The number of aryl methyl sites for hydroxylation is 1. The van der Waals surface area contributed by atoms with Gasteiger partial charge in [0.2, 0.25) is 0 Å². The number of aromatic amines is 1. The third-order valence-corrected chi connectivity index (χ3v) is 4.05. The van der Waals surface area contributed by atoms with Gasteiger partial charge in [-0.2, -0.15) is 0 Å². The van der Waals surface area contributed by atoms with Gasteiger partial charge in [0.05, 0.1) is 16.8 Å². The number of thiazole rings is 1. The highest BCUT2D eigenvalue weighted by Gasteiger charge is 2.26. The number of aromatic nitrogens is 2. The second-order valence-corrected chi connectivity index (χ2v) is 5.81. The Kier molecular flexibility index (Phi) is 3.12. The minimum absolute atomic E-state index is 0.0604. The SMILES string of the molecule is Cc1nc(-c2c[nH]c(C(=O)N3CCC(O)C3)c2)cs1. The van der Waals surface area contributed by atoms with Crippen molar-refractivity contribution in [3.8, 4) is 11.3 Å². The molecule has 1 fully saturated rings. The molecule has 0 saturated carbocycles. The minimum Gasteiger partial charge on any atom is -0.391 e. The molecule has 5 nitrogen and oxygen atoms in total. The third-order valence-electron chi connectivity index (χ3n) is 3.28. The number of rotatable bonds is 2. The van der Waals surface area contributed by atoms with Crippen molar-refractivity contribution in [2.75, 3.05) is 13.1 Å². The zero-order chi connectivity index (χ0) is 13.4. The zero-order valence-corrected chi connectivity index (χ0v) is 11.4. The molecule has 2 aromatic rings. The van der Waals surface area contributed by atoms with E-state index in [-0.39, 0.29) is 12.0 Å². The quantitative estimate of drug-likeness (QED) is 0.877. The molecule has 3 rings (SSSR count). The van der Waals surface area contributed by atoms with E-state index in [1.54, 1.807) is 22.4 Å². The maximum atomic E-state index is 12.2. The van der Waals surface area contributed by atoms with Crippen LogP contribution >= 0.6 is 11.3 Å². The van der Waals surface area contributed by atoms with Crippen LogP contribution < -0.4 is 0 Å². The van der Waals surface area contributed by atoms with Gasteiger partial charge in [-0.05, 0) is 19.4 Å². The summed E-state index contributed by atoms with van der Waals surface area (Å²) in [5, 5.41) is 12.5. The van der Waals surface area contributed by atoms with Gasteiger partial charge in [-0.3, -0.25) is 4.79 Å². The molecular formula is C13H15N3O2S. The molecule has 0 aromatic carbocycles. The van der Waals surface area contributed by atoms with Crippen LogP contribution in [0.15, 0.2) is 17.6 Å². The van der Waals surface area contributed by atoms with Crippen molar-refractivity contribution in [2.24, 2.45) is 0 Å². The molecule has 1 atom stereocenters. The Hall–Kier alpha value is -1.66. The average Bonchev–Trinajstić information content (AvgIpc) is 3.07. The van der Waals surface area contributed by atoms with E-state index in [2.05, 4.69) is 9.97 Å². The van der Waals surface area contributed by atoms with Crippen LogP contribution in [0.3, 0.4) is 0 Å². The molecule has 6 heteroatoms. The number of β-amino-alcohol motifs (C(OH)–C–C–N with tert-alkyl or cyclic N) is 1. The van der Waals surface area contributed by atoms with Crippen molar-refractivity contribution in [3.05, 3.63) is 28.3 Å². The lowest BCUT2D eigenvalue weighted by molar-refractivity contribution is 0.0760. The van der Waals surface area contributed by atoms with E-state index in [9.17, 15) is 9.90 Å². The third kappa shape index (κ3) is 2.41. The van der Waals surface area contributed by atoms with Crippen molar-refractivity contribution >= 4 is 17.2 Å². The fourth-order valence-corrected chi connectivity index (χ4v) is 2.88. The van der Waals surface area contributed by atoms with Gasteiger partial charge in [0.15, 0.2) is 0 Å². The molecular weight excluding hydrogens is 262 g/mol. The number of likely N-dealkylation sites (tertiary alicyclic amines) is 1. The molecule has 1 saturated heterocycles. The molecule has 0 aliphatic carbocycles. The highest BCUT2D eigenvalue weighted by molar-refractivity contribution is 7.09. The van der Waals surface area contributed by atoms with Gasteiger partial charge in [0.25, 0.3) is 5.91 Å². The molecule has 3 heterocycles. The number of hydrogen-bond acceptors (Lipinski definition) is 4. The van der Waals surface area contributed by atoms with Crippen molar-refractivity contribution in [3.63, 3.8) is 0 Å². The lowest BCUT2D eigenvalue weighted by atomic mass is 10.2. The number of aliphatic hydroxyl groups is 1. The molecule has 1 unspecified atom stereocenters. The van der Waals surface area contributed by atoms with Gasteiger partial charge in [0, 0.05) is 30.2 Å². The van der Waals surface area contributed by atoms with Crippen molar-refractivity contribution in [1.29, 1.82) is 0 Å². The first-order chi connectivity index (χ1) is 9.13. The fourth-order valence-electron chi connectivity index (χ4n) is 2.26. The van der Waals surface area contributed by atoms with Gasteiger partial charge < -0.3 is 15.0 Å². The molecule has 0 spiro atoms. The highest BCUT2D eigenvalue weighted by Crippen LogP contribution is 2.23. The predicted molar refractivity (Wildman–Crippen MR) is 73.2 cm³/mol. The monoisotopic (exact) mass is 277 g/mol. The van der Waals surface area contributed by atoms with Crippen LogP contribution in [0.1, 0.15) is 21.9 Å². The first kappa shape index (κ1) is 12.4. The summed E-state index contributed by atoms with van der Waals surface area (Å²) in [4.78, 5) is 21.3. The normalized spacial score (nSPS) is 19.1. The number of nitrogens with one attached hydrogen (secondary N) is 1. The second kappa shape index (κ2) is 4.79. The Labute approximate surface area is 114 Å². The van der Waals surface area contributed by atoms with Crippen molar-refractivity contribution in [1.82, 2.24) is 14.9 Å². The molecule has 19 heavy (non-hydrogen) atoms. The van der Waals surface area contributed by atoms with Crippen LogP contribution in [-0.2, 0) is 0 Å². The Morgan fingerprint density at radius 2 is 2.47 bits per heavy atom. The fraction of sp³-hybridized carbons (Fsp3) is 0.385. The lowest BCUT2D eigenvalue weighted by Gasteiger charge is -2.13. The number of carbonyl (C=O) groups is 1. The predicted octanol–water partition coefficient (Wildman–Crippen LogP) is 1.65. The van der Waals surface area contributed by atoms with Crippen LogP contribution in [0.5, 0.6) is 0 Å². The van der Waals surface area contributed by atoms with Gasteiger partial charge in [-0.15, -0.1) is 11.3 Å². The van der Waals surface area contributed by atoms with Crippen LogP contribution in [0.4, 0.5) is 0 Å². The molecule has 1 aliphatic heterocycles. The summed E-state index contributed by atoms with van der Waals surface area (Å²) in [6.45, 7) is 2.99. The summed E-state index contributed by atoms with van der Waals surface area (Å²) in [6, 6.07) is 1.82. The molecule has 2 aromatic heterocycles. The average molecular weight is 277 g/mol. The number of aliphatic hydroxyl groups excluding tert-OH is 1. The number of carbonyl (C=O) groups excluding carboxylic acids is 1. The molecule has 100 valence electrons. The topological polar surface area (TPSA) is 69.2 Å². The number of amides is 1. The first-order valence-electron chi connectivity index (χ1n) is 6.22. The summed E-state index contributed by atoms with van der Waals surface area (Å²) in [5.74, 6) is -0.0604. The first-order valence-corrected chi connectivity index (χ1v) is 7.09. The molecule has 1 aliphatic rings. The van der Waals surface area contributed by atoms with E-state index < -0.39 is 0 Å². The van der Waals surface area contributed by atoms with Crippen LogP contribution in [0, 0.1) is 6.92 Å². The summed E-state index contributed by atoms with van der Waals surface area (Å²) >= 11 is 1.59. The Morgan fingerprint density at radius 3 is 3.11 bits per heavy atom. The van der Waals surface area contributed by atoms with Crippen LogP contribution in [-0.4, -0.2) is 45.1 Å². The van der Waals surface area contributed by atoms with Crippen molar-refractivity contribution in [2.45, 2.75) is 19.4 Å². The highest BCUT2D eigenvalue weighted by atomic mass is 32.1. The van der Waals surface area contributed by atoms with E-state index in [0.29, 0.717) is 25.2 Å². The van der Waals surface area contributed by atoms with Gasteiger partial charge in [-0.1, -0.05) is 0 Å². The largest absolute Gasteiger partial charge is 0.391 e. The molecule has 2 N–H and O–H groups in total. The van der Waals surface area contributed by atoms with Crippen molar-refractivity contribution < 1.29 is 9.90 Å². The number of H-pyrrole nitrogens is 1. The summed E-state index contributed by atoms with van der Waals surface area (Å²) in [5.41, 5.74) is 2.36. The van der Waals surface area contributed by atoms with Gasteiger partial charge in [-0.25, -0.2) is 4.98 Å². The Morgan fingerprint density at radius 1 is 1.63 bits per heavy atom. The van der Waals surface area contributed by atoms with Gasteiger partial charge >= 0.3 is 0 Å². The molecule has 1 amide bonds. The lowest BCUT2D eigenvalue weighted by Crippen LogP contribution is -2.29. The minimum atomic E-state index is -0.389. The standard InChI is InChI=1S/C13H15N3O2S/c1-8-15-12(7-19-8)9-4-11(14-5-9)13(18)16-3-2-10(17)6-16/h4-5,7,10,14,17H,2-3,6H2,1H3. The molecule has 0 bridgehead atoms. The van der Waals surface area contributed by atoms with Gasteiger partial charge in [0.1, 0.15) is 5.69 Å². The summed E-state index contributed by atoms with van der Waals surface area (Å²) in [7, 11) is 0. The molecule has 0 radical (unpaired) electrons. The van der Waals surface area contributed by atoms with E-state index in [4.69, 9.17) is 0 Å². The smallest absolute Gasteiger partial charge is 0.270 e. The van der Waals surface area contributed by atoms with E-state index in [1.807, 2.05) is 18.4 Å². The summed E-state index contributed by atoms with van der Waals surface area (Å²) < 4.78 is 0. The Bertz CT molecular complexity index is 605. The number of nitrogens with zero attached hydrogens (tertiary/aromatic N) is 2.